The molecule has 0 aromatic heterocycles. The van der Waals surface area contributed by atoms with Crippen LogP contribution >= 0.6 is 0 Å². The van der Waals surface area contributed by atoms with Gasteiger partial charge in [0.25, 0.3) is 5.69 Å². The quantitative estimate of drug-likeness (QED) is 0.655. The lowest BCUT2D eigenvalue weighted by molar-refractivity contribution is -0.385. The first-order chi connectivity index (χ1) is 9.84. The molecular formula is C15H20N2O4. The van der Waals surface area contributed by atoms with E-state index >= 15 is 0 Å². The maximum absolute atomic E-state index is 11.7. The maximum Gasteiger partial charge on any atom is 0.329 e. The Balaban J connectivity index is 2.24. The Morgan fingerprint density at radius 2 is 2.05 bits per heavy atom. The summed E-state index contributed by atoms with van der Waals surface area (Å²) in [5.41, 5.74) is 0.224. The van der Waals surface area contributed by atoms with Crippen LogP contribution in [-0.2, 0) is 4.79 Å². The molecule has 0 spiro atoms. The SMILES string of the molecule is Cc1cc(NC2(C(=O)O)CCC(C)CC2)ccc1[N+](=O)[O-]. The third-order valence-electron chi connectivity index (χ3n) is 4.31. The van der Waals surface area contributed by atoms with Crippen molar-refractivity contribution in [2.45, 2.75) is 45.1 Å². The maximum atomic E-state index is 11.7. The molecule has 6 nitrogen and oxygen atoms in total. The molecule has 1 saturated carbocycles. The van der Waals surface area contributed by atoms with E-state index in [1.54, 1.807) is 19.1 Å². The van der Waals surface area contributed by atoms with Crippen molar-refractivity contribution < 1.29 is 14.8 Å². The molecule has 0 atom stereocenters. The number of hydrogen-bond donors (Lipinski definition) is 2. The molecule has 2 rings (SSSR count). The van der Waals surface area contributed by atoms with Gasteiger partial charge in [0.2, 0.25) is 0 Å². The van der Waals surface area contributed by atoms with Gasteiger partial charge in [0.15, 0.2) is 0 Å². The zero-order valence-corrected chi connectivity index (χ0v) is 12.3. The first-order valence-electron chi connectivity index (χ1n) is 7.11. The molecule has 1 aromatic rings. The third kappa shape index (κ3) is 3.15. The molecule has 0 heterocycles. The highest BCUT2D eigenvalue weighted by Gasteiger charge is 2.41. The Morgan fingerprint density at radius 3 is 2.52 bits per heavy atom. The summed E-state index contributed by atoms with van der Waals surface area (Å²) in [5.74, 6) is -0.316. The van der Waals surface area contributed by atoms with Gasteiger partial charge in [-0.2, -0.15) is 0 Å². The van der Waals surface area contributed by atoms with Crippen LogP contribution in [0.15, 0.2) is 18.2 Å². The van der Waals surface area contributed by atoms with Crippen LogP contribution < -0.4 is 5.32 Å². The van der Waals surface area contributed by atoms with Crippen molar-refractivity contribution in [3.8, 4) is 0 Å². The van der Waals surface area contributed by atoms with E-state index in [2.05, 4.69) is 12.2 Å². The van der Waals surface area contributed by atoms with Gasteiger partial charge in [-0.05, 0) is 50.7 Å². The fraction of sp³-hybridized carbons (Fsp3) is 0.533. The summed E-state index contributed by atoms with van der Waals surface area (Å²) in [6.45, 7) is 3.78. The number of carboxylic acid groups (broad SMARTS) is 1. The van der Waals surface area contributed by atoms with Crippen molar-refractivity contribution in [2.75, 3.05) is 5.32 Å². The smallest absolute Gasteiger partial charge is 0.329 e. The third-order valence-corrected chi connectivity index (χ3v) is 4.31. The van der Waals surface area contributed by atoms with Gasteiger partial charge in [0.05, 0.1) is 4.92 Å². The van der Waals surface area contributed by atoms with Crippen LogP contribution in [0, 0.1) is 23.0 Å². The number of nitrogens with one attached hydrogen (secondary N) is 1. The van der Waals surface area contributed by atoms with Crippen LogP contribution in [0.5, 0.6) is 0 Å². The lowest BCUT2D eigenvalue weighted by Gasteiger charge is -2.37. The van der Waals surface area contributed by atoms with Gasteiger partial charge in [0.1, 0.15) is 5.54 Å². The highest BCUT2D eigenvalue weighted by molar-refractivity contribution is 5.83. The number of aryl methyl sites for hydroxylation is 1. The standard InChI is InChI=1S/C15H20N2O4/c1-10-5-7-15(8-6-10,14(18)19)16-12-3-4-13(17(20)21)11(2)9-12/h3-4,9-10,16H,5-8H2,1-2H3,(H,18,19). The van der Waals surface area contributed by atoms with E-state index in [0.29, 0.717) is 30.0 Å². The molecule has 0 radical (unpaired) electrons. The number of carbonyl (C=O) groups is 1. The van der Waals surface area contributed by atoms with E-state index in [1.165, 1.54) is 6.07 Å². The number of nitro groups is 1. The van der Waals surface area contributed by atoms with Gasteiger partial charge in [-0.1, -0.05) is 6.92 Å². The molecular weight excluding hydrogens is 272 g/mol. The largest absolute Gasteiger partial charge is 0.480 e. The molecule has 114 valence electrons. The van der Waals surface area contributed by atoms with Crippen molar-refractivity contribution >= 4 is 17.3 Å². The Kier molecular flexibility index (Phi) is 4.16. The summed E-state index contributed by atoms with van der Waals surface area (Å²) in [4.78, 5) is 22.1. The molecule has 6 heteroatoms. The van der Waals surface area contributed by atoms with Gasteiger partial charge in [0, 0.05) is 17.3 Å². The summed E-state index contributed by atoms with van der Waals surface area (Å²) in [6.07, 6.45) is 2.87. The van der Waals surface area contributed by atoms with Crippen LogP contribution in [0.25, 0.3) is 0 Å². The number of rotatable bonds is 4. The van der Waals surface area contributed by atoms with Crippen LogP contribution in [0.3, 0.4) is 0 Å². The molecule has 0 saturated heterocycles. The monoisotopic (exact) mass is 292 g/mol. The second-order valence-electron chi connectivity index (χ2n) is 5.95. The van der Waals surface area contributed by atoms with Crippen LogP contribution in [-0.4, -0.2) is 21.5 Å². The van der Waals surface area contributed by atoms with Gasteiger partial charge >= 0.3 is 5.97 Å². The lowest BCUT2D eigenvalue weighted by atomic mass is 9.77. The number of aliphatic carboxylic acids is 1. The van der Waals surface area contributed by atoms with E-state index in [-0.39, 0.29) is 5.69 Å². The molecule has 0 amide bonds. The van der Waals surface area contributed by atoms with Crippen molar-refractivity contribution in [1.82, 2.24) is 0 Å². The molecule has 1 fully saturated rings. The molecule has 21 heavy (non-hydrogen) atoms. The fourth-order valence-corrected chi connectivity index (χ4v) is 2.86. The summed E-state index contributed by atoms with van der Waals surface area (Å²) in [5, 5.41) is 23.5. The van der Waals surface area contributed by atoms with Crippen molar-refractivity contribution in [3.63, 3.8) is 0 Å². The van der Waals surface area contributed by atoms with E-state index in [9.17, 15) is 20.0 Å². The molecule has 1 aromatic carbocycles. The van der Waals surface area contributed by atoms with Gasteiger partial charge < -0.3 is 10.4 Å². The van der Waals surface area contributed by atoms with Gasteiger partial charge in [-0.3, -0.25) is 10.1 Å². The molecule has 1 aliphatic rings. The highest BCUT2D eigenvalue weighted by Crippen LogP contribution is 2.35. The zero-order valence-electron chi connectivity index (χ0n) is 12.3. The van der Waals surface area contributed by atoms with E-state index in [4.69, 9.17) is 0 Å². The predicted octanol–water partition coefficient (Wildman–Crippen LogP) is 3.35. The van der Waals surface area contributed by atoms with Crippen LogP contribution in [0.2, 0.25) is 0 Å². The second kappa shape index (κ2) is 5.71. The number of nitro benzene ring substituents is 1. The lowest BCUT2D eigenvalue weighted by Crippen LogP contribution is -2.48. The molecule has 0 aliphatic heterocycles. The average Bonchev–Trinajstić information content (AvgIpc) is 2.41. The minimum Gasteiger partial charge on any atom is -0.480 e. The van der Waals surface area contributed by atoms with Gasteiger partial charge in [-0.25, -0.2) is 4.79 Å². The number of hydrogen-bond acceptors (Lipinski definition) is 4. The summed E-state index contributed by atoms with van der Waals surface area (Å²) < 4.78 is 0. The Morgan fingerprint density at radius 1 is 1.43 bits per heavy atom. The van der Waals surface area contributed by atoms with Crippen LogP contribution in [0.1, 0.15) is 38.2 Å². The first kappa shape index (κ1) is 15.3. The van der Waals surface area contributed by atoms with E-state index in [0.717, 1.165) is 12.8 Å². The van der Waals surface area contributed by atoms with Crippen LogP contribution in [0.4, 0.5) is 11.4 Å². The minimum absolute atomic E-state index is 0.0437. The Bertz CT molecular complexity index is 563. The summed E-state index contributed by atoms with van der Waals surface area (Å²) in [6, 6.07) is 4.63. The van der Waals surface area contributed by atoms with E-state index in [1.807, 2.05) is 0 Å². The predicted molar refractivity (Wildman–Crippen MR) is 79.5 cm³/mol. The Labute approximate surface area is 123 Å². The van der Waals surface area contributed by atoms with Gasteiger partial charge in [-0.15, -0.1) is 0 Å². The second-order valence-corrected chi connectivity index (χ2v) is 5.95. The minimum atomic E-state index is -0.963. The average molecular weight is 292 g/mol. The first-order valence-corrected chi connectivity index (χ1v) is 7.11. The fourth-order valence-electron chi connectivity index (χ4n) is 2.86. The molecule has 2 N–H and O–H groups in total. The number of nitrogens with zero attached hydrogens (tertiary/aromatic N) is 1. The summed E-state index contributed by atoms with van der Waals surface area (Å²) in [7, 11) is 0. The highest BCUT2D eigenvalue weighted by atomic mass is 16.6. The van der Waals surface area contributed by atoms with Crippen molar-refractivity contribution in [1.29, 1.82) is 0 Å². The van der Waals surface area contributed by atoms with Crippen molar-refractivity contribution in [3.05, 3.63) is 33.9 Å². The Hall–Kier alpha value is -2.11. The summed E-state index contributed by atoms with van der Waals surface area (Å²) >= 11 is 0. The zero-order chi connectivity index (χ0) is 15.6. The van der Waals surface area contributed by atoms with Crippen molar-refractivity contribution in [2.24, 2.45) is 5.92 Å². The van der Waals surface area contributed by atoms with E-state index < -0.39 is 16.4 Å². The molecule has 0 bridgehead atoms. The number of carboxylic acids is 1. The number of anilines is 1. The molecule has 0 unspecified atom stereocenters. The normalized spacial score (nSPS) is 25.3. The topological polar surface area (TPSA) is 92.5 Å². The number of benzene rings is 1. The molecule has 1 aliphatic carbocycles.